The minimum Gasteiger partial charge on any atom is -0.343 e. The average molecular weight is 444 g/mol. The monoisotopic (exact) mass is 443 g/mol. The highest BCUT2D eigenvalue weighted by molar-refractivity contribution is 9.10. The molecule has 144 valence electrons. The predicted octanol–water partition coefficient (Wildman–Crippen LogP) is 2.16. The molecule has 3 rings (SSSR count). The van der Waals surface area contributed by atoms with Crippen molar-refractivity contribution in [2.45, 2.75) is 30.6 Å². The molecule has 2 aliphatic heterocycles. The molecule has 8 heteroatoms. The van der Waals surface area contributed by atoms with E-state index in [1.54, 1.807) is 18.2 Å². The summed E-state index contributed by atoms with van der Waals surface area (Å²) in [5.41, 5.74) is 0. The van der Waals surface area contributed by atoms with Gasteiger partial charge in [-0.2, -0.15) is 4.31 Å². The molecule has 1 aromatic carbocycles. The van der Waals surface area contributed by atoms with Gasteiger partial charge in [0.05, 0.1) is 4.90 Å². The number of halogens is 1. The van der Waals surface area contributed by atoms with Gasteiger partial charge in [-0.3, -0.25) is 4.79 Å². The average Bonchev–Trinajstić information content (AvgIpc) is 2.67. The van der Waals surface area contributed by atoms with Crippen LogP contribution in [0.1, 0.15) is 25.7 Å². The van der Waals surface area contributed by atoms with E-state index in [2.05, 4.69) is 20.8 Å². The van der Waals surface area contributed by atoms with Crippen LogP contribution in [0.2, 0.25) is 0 Å². The maximum Gasteiger partial charge on any atom is 0.243 e. The van der Waals surface area contributed by atoms with Crippen molar-refractivity contribution in [2.75, 3.05) is 45.8 Å². The van der Waals surface area contributed by atoms with Crippen LogP contribution >= 0.6 is 15.9 Å². The van der Waals surface area contributed by atoms with Crippen LogP contribution in [0.25, 0.3) is 0 Å². The first-order valence-electron chi connectivity index (χ1n) is 9.23. The van der Waals surface area contributed by atoms with Crippen LogP contribution in [0.5, 0.6) is 0 Å². The Morgan fingerprint density at radius 3 is 2.35 bits per heavy atom. The Kier molecular flexibility index (Phi) is 6.71. The Bertz CT molecular complexity index is 727. The molecule has 26 heavy (non-hydrogen) atoms. The number of carbonyl (C=O) groups excluding carboxylic acids is 1. The Hall–Kier alpha value is -0.960. The van der Waals surface area contributed by atoms with E-state index in [0.29, 0.717) is 44.0 Å². The van der Waals surface area contributed by atoms with Gasteiger partial charge in [0.25, 0.3) is 0 Å². The summed E-state index contributed by atoms with van der Waals surface area (Å²) >= 11 is 3.33. The highest BCUT2D eigenvalue weighted by atomic mass is 79.9. The van der Waals surface area contributed by atoms with Crippen molar-refractivity contribution in [3.63, 3.8) is 0 Å². The zero-order chi connectivity index (χ0) is 18.6. The summed E-state index contributed by atoms with van der Waals surface area (Å²) < 4.78 is 27.8. The van der Waals surface area contributed by atoms with E-state index >= 15 is 0 Å². The molecule has 0 unspecified atom stereocenters. The summed E-state index contributed by atoms with van der Waals surface area (Å²) in [5.74, 6) is 0.230. The molecule has 0 atom stereocenters. The largest absolute Gasteiger partial charge is 0.343 e. The third kappa shape index (κ3) is 4.85. The number of hydrogen-bond donors (Lipinski definition) is 0. The molecule has 2 heterocycles. The molecule has 2 aliphatic rings. The number of carbonyl (C=O) groups is 1. The van der Waals surface area contributed by atoms with Crippen LogP contribution in [-0.2, 0) is 14.8 Å². The lowest BCUT2D eigenvalue weighted by Gasteiger charge is -2.34. The normalized spacial score (nSPS) is 20.3. The molecule has 0 bridgehead atoms. The fourth-order valence-corrected chi connectivity index (χ4v) is 5.54. The minimum absolute atomic E-state index is 0.230. The van der Waals surface area contributed by atoms with E-state index in [1.165, 1.54) is 10.7 Å². The van der Waals surface area contributed by atoms with E-state index in [1.807, 2.05) is 11.0 Å². The molecule has 6 nitrogen and oxygen atoms in total. The lowest BCUT2D eigenvalue weighted by Crippen LogP contribution is -2.49. The first-order chi connectivity index (χ1) is 12.5. The molecular formula is C18H26BrN3O3S. The highest BCUT2D eigenvalue weighted by Gasteiger charge is 2.29. The third-order valence-electron chi connectivity index (χ3n) is 5.12. The van der Waals surface area contributed by atoms with Gasteiger partial charge in [0.15, 0.2) is 0 Å². The standard InChI is InChI=1S/C18H26BrN3O3S/c19-16-5-4-6-17(15-16)26(24,25)22-13-11-20(12-14-22)10-7-18(23)21-8-2-1-3-9-21/h4-6,15H,1-3,7-14H2. The zero-order valence-corrected chi connectivity index (χ0v) is 17.3. The summed E-state index contributed by atoms with van der Waals surface area (Å²) in [6.07, 6.45) is 3.96. The van der Waals surface area contributed by atoms with Crippen LogP contribution in [0.4, 0.5) is 0 Å². The smallest absolute Gasteiger partial charge is 0.243 e. The summed E-state index contributed by atoms with van der Waals surface area (Å²) in [6, 6.07) is 6.82. The van der Waals surface area contributed by atoms with Gasteiger partial charge in [-0.25, -0.2) is 8.42 Å². The first-order valence-corrected chi connectivity index (χ1v) is 11.5. The van der Waals surface area contributed by atoms with Crippen molar-refractivity contribution < 1.29 is 13.2 Å². The van der Waals surface area contributed by atoms with E-state index in [0.717, 1.165) is 30.4 Å². The molecule has 1 aromatic rings. The fourth-order valence-electron chi connectivity index (χ4n) is 3.53. The van der Waals surface area contributed by atoms with Gasteiger partial charge in [-0.1, -0.05) is 22.0 Å². The Balaban J connectivity index is 1.48. The Morgan fingerprint density at radius 1 is 1.00 bits per heavy atom. The van der Waals surface area contributed by atoms with E-state index in [9.17, 15) is 13.2 Å². The van der Waals surface area contributed by atoms with E-state index in [-0.39, 0.29) is 5.91 Å². The SMILES string of the molecule is O=C(CCN1CCN(S(=O)(=O)c2cccc(Br)c2)CC1)N1CCCCC1. The lowest BCUT2D eigenvalue weighted by atomic mass is 10.1. The van der Waals surface area contributed by atoms with Crippen molar-refractivity contribution in [1.29, 1.82) is 0 Å². The maximum atomic E-state index is 12.7. The van der Waals surface area contributed by atoms with Gasteiger partial charge in [-0.15, -0.1) is 0 Å². The van der Waals surface area contributed by atoms with Gasteiger partial charge in [0, 0.05) is 56.7 Å². The number of benzene rings is 1. The third-order valence-corrected chi connectivity index (χ3v) is 7.50. The predicted molar refractivity (Wildman–Crippen MR) is 104 cm³/mol. The summed E-state index contributed by atoms with van der Waals surface area (Å²) in [5, 5.41) is 0. The molecular weight excluding hydrogens is 418 g/mol. The van der Waals surface area contributed by atoms with Crippen molar-refractivity contribution in [2.24, 2.45) is 0 Å². The van der Waals surface area contributed by atoms with Gasteiger partial charge in [-0.05, 0) is 37.5 Å². The number of amides is 1. The van der Waals surface area contributed by atoms with E-state index < -0.39 is 10.0 Å². The van der Waals surface area contributed by atoms with E-state index in [4.69, 9.17) is 0 Å². The van der Waals surface area contributed by atoms with Crippen molar-refractivity contribution in [3.8, 4) is 0 Å². The number of rotatable bonds is 5. The second-order valence-corrected chi connectivity index (χ2v) is 9.75. The second-order valence-electron chi connectivity index (χ2n) is 6.89. The number of hydrogen-bond acceptors (Lipinski definition) is 4. The molecule has 0 N–H and O–H groups in total. The van der Waals surface area contributed by atoms with Crippen LogP contribution < -0.4 is 0 Å². The second kappa shape index (κ2) is 8.82. The van der Waals surface area contributed by atoms with Crippen LogP contribution in [0.15, 0.2) is 33.6 Å². The molecule has 2 saturated heterocycles. The molecule has 0 radical (unpaired) electrons. The number of likely N-dealkylation sites (tertiary alicyclic amines) is 1. The van der Waals surface area contributed by atoms with Crippen LogP contribution in [0.3, 0.4) is 0 Å². The Morgan fingerprint density at radius 2 is 1.69 bits per heavy atom. The van der Waals surface area contributed by atoms with Gasteiger partial charge < -0.3 is 9.80 Å². The molecule has 0 aromatic heterocycles. The van der Waals surface area contributed by atoms with Gasteiger partial charge in [0.1, 0.15) is 0 Å². The molecule has 0 saturated carbocycles. The number of piperidine rings is 1. The van der Waals surface area contributed by atoms with Crippen LogP contribution in [-0.4, -0.2) is 74.2 Å². The van der Waals surface area contributed by atoms with Crippen molar-refractivity contribution in [3.05, 3.63) is 28.7 Å². The van der Waals surface area contributed by atoms with Crippen molar-refractivity contribution >= 4 is 31.9 Å². The quantitative estimate of drug-likeness (QED) is 0.699. The topological polar surface area (TPSA) is 60.9 Å². The minimum atomic E-state index is -3.45. The lowest BCUT2D eigenvalue weighted by molar-refractivity contribution is -0.132. The van der Waals surface area contributed by atoms with Crippen LogP contribution in [0, 0.1) is 0 Å². The summed E-state index contributed by atoms with van der Waals surface area (Å²) in [7, 11) is -3.45. The fraction of sp³-hybridized carbons (Fsp3) is 0.611. The van der Waals surface area contributed by atoms with Crippen molar-refractivity contribution in [1.82, 2.24) is 14.1 Å². The molecule has 1 amide bonds. The first kappa shape index (κ1) is 19.8. The Labute approximate surface area is 164 Å². The van der Waals surface area contributed by atoms with Gasteiger partial charge >= 0.3 is 0 Å². The molecule has 2 fully saturated rings. The number of sulfonamides is 1. The van der Waals surface area contributed by atoms with Gasteiger partial charge in [0.2, 0.25) is 15.9 Å². The summed E-state index contributed by atoms with van der Waals surface area (Å²) in [6.45, 7) is 4.75. The maximum absolute atomic E-state index is 12.7. The number of piperazine rings is 1. The summed E-state index contributed by atoms with van der Waals surface area (Å²) in [4.78, 5) is 16.7. The zero-order valence-electron chi connectivity index (χ0n) is 14.9. The molecule has 0 spiro atoms. The number of nitrogens with zero attached hydrogens (tertiary/aromatic N) is 3. The highest BCUT2D eigenvalue weighted by Crippen LogP contribution is 2.21. The molecule has 0 aliphatic carbocycles.